The molecule has 1 heterocycles. The van der Waals surface area contributed by atoms with Crippen LogP contribution in [0.3, 0.4) is 0 Å². The van der Waals surface area contributed by atoms with Crippen LogP contribution in [-0.4, -0.2) is 23.1 Å². The smallest absolute Gasteiger partial charge is 0.0991 e. The van der Waals surface area contributed by atoms with Gasteiger partial charge in [0, 0.05) is 13.1 Å². The van der Waals surface area contributed by atoms with Crippen LogP contribution in [-0.2, 0) is 13.1 Å². The number of nitrogens with one attached hydrogen (secondary N) is 1. The molecular formula is C22H28N2O. The summed E-state index contributed by atoms with van der Waals surface area (Å²) < 4.78 is 0. The largest absolute Gasteiger partial charge is 0.387 e. The molecule has 1 unspecified atom stereocenters. The highest BCUT2D eigenvalue weighted by Gasteiger charge is 2.14. The number of nitrogens with zero attached hydrogens (tertiary/aromatic N) is 1. The molecule has 1 aliphatic heterocycles. The summed E-state index contributed by atoms with van der Waals surface area (Å²) in [5.74, 6) is 0. The fourth-order valence-electron chi connectivity index (χ4n) is 3.36. The molecular weight excluding hydrogens is 308 g/mol. The van der Waals surface area contributed by atoms with E-state index in [1.54, 1.807) is 0 Å². The van der Waals surface area contributed by atoms with Crippen LogP contribution in [0.4, 0.5) is 0 Å². The van der Waals surface area contributed by atoms with E-state index in [0.29, 0.717) is 0 Å². The Bertz CT molecular complexity index is 663. The fourth-order valence-corrected chi connectivity index (χ4v) is 3.36. The minimum Gasteiger partial charge on any atom is -0.387 e. The van der Waals surface area contributed by atoms with Crippen LogP contribution < -0.4 is 5.32 Å². The van der Waals surface area contributed by atoms with Crippen LogP contribution in [0.15, 0.2) is 66.9 Å². The van der Waals surface area contributed by atoms with Crippen LogP contribution >= 0.6 is 0 Å². The van der Waals surface area contributed by atoms with Crippen LogP contribution in [0.1, 0.15) is 42.1 Å². The van der Waals surface area contributed by atoms with Crippen molar-refractivity contribution in [2.75, 3.05) is 13.1 Å². The first-order chi connectivity index (χ1) is 12.3. The fraction of sp³-hybridized carbons (Fsp3) is 0.364. The van der Waals surface area contributed by atoms with Gasteiger partial charge < -0.3 is 10.4 Å². The van der Waals surface area contributed by atoms with Gasteiger partial charge >= 0.3 is 0 Å². The van der Waals surface area contributed by atoms with E-state index in [4.69, 9.17) is 0 Å². The van der Waals surface area contributed by atoms with Gasteiger partial charge in [-0.05, 0) is 54.9 Å². The molecule has 0 radical (unpaired) electrons. The maximum Gasteiger partial charge on any atom is 0.0991 e. The predicted octanol–water partition coefficient (Wildman–Crippen LogP) is 4.01. The normalized spacial score (nSPS) is 16.8. The summed E-state index contributed by atoms with van der Waals surface area (Å²) in [6.07, 6.45) is 7.02. The Labute approximate surface area is 151 Å². The lowest BCUT2D eigenvalue weighted by molar-refractivity contribution is 0.208. The molecule has 0 bridgehead atoms. The highest BCUT2D eigenvalue weighted by molar-refractivity contribution is 5.31. The van der Waals surface area contributed by atoms with Gasteiger partial charge in [-0.2, -0.15) is 0 Å². The van der Waals surface area contributed by atoms with Gasteiger partial charge in [0.05, 0.1) is 6.10 Å². The molecule has 0 amide bonds. The molecule has 3 heteroatoms. The second-order valence-corrected chi connectivity index (χ2v) is 6.71. The summed E-state index contributed by atoms with van der Waals surface area (Å²) in [6, 6.07) is 18.5. The minimum absolute atomic E-state index is 0.579. The Morgan fingerprint density at radius 2 is 1.68 bits per heavy atom. The molecule has 2 aromatic carbocycles. The summed E-state index contributed by atoms with van der Waals surface area (Å²) in [4.78, 5) is 2.49. The highest BCUT2D eigenvalue weighted by atomic mass is 16.3. The number of aliphatic hydroxyl groups is 1. The zero-order valence-electron chi connectivity index (χ0n) is 14.8. The summed E-state index contributed by atoms with van der Waals surface area (Å²) in [7, 11) is 0. The molecule has 25 heavy (non-hydrogen) atoms. The minimum atomic E-state index is -0.579. The lowest BCUT2D eigenvalue weighted by atomic mass is 10.0. The number of benzene rings is 2. The van der Waals surface area contributed by atoms with Crippen LogP contribution in [0.5, 0.6) is 0 Å². The average Bonchev–Trinajstić information content (AvgIpc) is 2.67. The van der Waals surface area contributed by atoms with Gasteiger partial charge in [0.1, 0.15) is 0 Å². The van der Waals surface area contributed by atoms with E-state index in [2.05, 4.69) is 34.5 Å². The van der Waals surface area contributed by atoms with Gasteiger partial charge in [0.15, 0.2) is 0 Å². The van der Waals surface area contributed by atoms with E-state index in [1.165, 1.54) is 43.5 Å². The molecule has 1 atom stereocenters. The van der Waals surface area contributed by atoms with Crippen molar-refractivity contribution in [3.8, 4) is 0 Å². The standard InChI is InChI=1S/C22H28N2O/c25-22(13-14-23-17-19-9-3-1-4-10-19)21-12-6-5-11-20(21)18-24-15-7-2-8-16-24/h1,3-6,9-14,22-23,25H,2,7-8,15-18H2/b14-13+. The summed E-state index contributed by atoms with van der Waals surface area (Å²) in [5, 5.41) is 13.8. The van der Waals surface area contributed by atoms with E-state index >= 15 is 0 Å². The van der Waals surface area contributed by atoms with Crippen molar-refractivity contribution in [2.45, 2.75) is 38.5 Å². The summed E-state index contributed by atoms with van der Waals surface area (Å²) in [5.41, 5.74) is 3.46. The van der Waals surface area contributed by atoms with E-state index in [0.717, 1.165) is 18.7 Å². The van der Waals surface area contributed by atoms with Crippen molar-refractivity contribution in [2.24, 2.45) is 0 Å². The average molecular weight is 336 g/mol. The lowest BCUT2D eigenvalue weighted by Crippen LogP contribution is -2.29. The van der Waals surface area contributed by atoms with Crippen molar-refractivity contribution in [1.29, 1.82) is 0 Å². The molecule has 2 N–H and O–H groups in total. The lowest BCUT2D eigenvalue weighted by Gasteiger charge is -2.27. The number of hydrogen-bond donors (Lipinski definition) is 2. The number of hydrogen-bond acceptors (Lipinski definition) is 3. The molecule has 0 aromatic heterocycles. The molecule has 3 nitrogen and oxygen atoms in total. The molecule has 1 saturated heterocycles. The molecule has 0 spiro atoms. The first kappa shape index (κ1) is 17.7. The summed E-state index contributed by atoms with van der Waals surface area (Å²) >= 11 is 0. The Kier molecular flexibility index (Phi) is 6.66. The van der Waals surface area contributed by atoms with Crippen molar-refractivity contribution in [3.05, 3.63) is 83.6 Å². The zero-order chi connectivity index (χ0) is 17.3. The zero-order valence-corrected chi connectivity index (χ0v) is 14.8. The third kappa shape index (κ3) is 5.45. The van der Waals surface area contributed by atoms with E-state index < -0.39 is 6.10 Å². The molecule has 3 rings (SSSR count). The second-order valence-electron chi connectivity index (χ2n) is 6.71. The second kappa shape index (κ2) is 9.40. The van der Waals surface area contributed by atoms with Crippen LogP contribution in [0.2, 0.25) is 0 Å². The van der Waals surface area contributed by atoms with Crippen LogP contribution in [0, 0.1) is 0 Å². The first-order valence-corrected chi connectivity index (χ1v) is 9.25. The van der Waals surface area contributed by atoms with E-state index in [9.17, 15) is 5.11 Å². The van der Waals surface area contributed by atoms with Gasteiger partial charge in [0.25, 0.3) is 0 Å². The number of likely N-dealkylation sites (tertiary alicyclic amines) is 1. The molecule has 1 aliphatic rings. The van der Waals surface area contributed by atoms with Crippen molar-refractivity contribution in [1.82, 2.24) is 10.2 Å². The molecule has 0 aliphatic carbocycles. The van der Waals surface area contributed by atoms with E-state index in [1.807, 2.05) is 42.6 Å². The topological polar surface area (TPSA) is 35.5 Å². The van der Waals surface area contributed by atoms with Gasteiger partial charge in [0.2, 0.25) is 0 Å². The Hall–Kier alpha value is -2.10. The Morgan fingerprint density at radius 1 is 0.960 bits per heavy atom. The van der Waals surface area contributed by atoms with Crippen molar-refractivity contribution < 1.29 is 5.11 Å². The van der Waals surface area contributed by atoms with Crippen molar-refractivity contribution >= 4 is 0 Å². The maximum absolute atomic E-state index is 10.6. The van der Waals surface area contributed by atoms with E-state index in [-0.39, 0.29) is 0 Å². The van der Waals surface area contributed by atoms with Gasteiger partial charge in [-0.25, -0.2) is 0 Å². The maximum atomic E-state index is 10.6. The summed E-state index contributed by atoms with van der Waals surface area (Å²) in [6.45, 7) is 4.02. The SMILES string of the molecule is OC(/C=C/NCc1ccccc1)c1ccccc1CN1CCCCC1. The molecule has 132 valence electrons. The first-order valence-electron chi connectivity index (χ1n) is 9.25. The quantitative estimate of drug-likeness (QED) is 0.802. The number of rotatable bonds is 7. The molecule has 0 saturated carbocycles. The van der Waals surface area contributed by atoms with Gasteiger partial charge in [-0.1, -0.05) is 61.0 Å². The predicted molar refractivity (Wildman–Crippen MR) is 103 cm³/mol. The monoisotopic (exact) mass is 336 g/mol. The number of aliphatic hydroxyl groups excluding tert-OH is 1. The van der Waals surface area contributed by atoms with Gasteiger partial charge in [-0.3, -0.25) is 4.90 Å². The third-order valence-electron chi connectivity index (χ3n) is 4.76. The van der Waals surface area contributed by atoms with Crippen molar-refractivity contribution in [3.63, 3.8) is 0 Å². The third-order valence-corrected chi connectivity index (χ3v) is 4.76. The molecule has 1 fully saturated rings. The van der Waals surface area contributed by atoms with Crippen LogP contribution in [0.25, 0.3) is 0 Å². The Balaban J connectivity index is 1.57. The highest BCUT2D eigenvalue weighted by Crippen LogP contribution is 2.22. The number of piperidine rings is 1. The molecule has 2 aromatic rings. The van der Waals surface area contributed by atoms with Gasteiger partial charge in [-0.15, -0.1) is 0 Å². The Morgan fingerprint density at radius 3 is 2.48 bits per heavy atom.